The van der Waals surface area contributed by atoms with Crippen molar-refractivity contribution in [3.63, 3.8) is 0 Å². The van der Waals surface area contributed by atoms with Crippen LogP contribution in [-0.2, 0) is 9.59 Å². The molecule has 1 N–H and O–H groups in total. The van der Waals surface area contributed by atoms with E-state index in [9.17, 15) is 9.59 Å². The van der Waals surface area contributed by atoms with Crippen LogP contribution in [-0.4, -0.2) is 16.9 Å². The Labute approximate surface area is 152 Å². The van der Waals surface area contributed by atoms with Gasteiger partial charge in [0.2, 0.25) is 0 Å². The molecule has 2 amide bonds. The number of amides is 2. The number of rotatable bonds is 2. The van der Waals surface area contributed by atoms with Gasteiger partial charge < -0.3 is 0 Å². The van der Waals surface area contributed by atoms with E-state index < -0.39 is 11.8 Å². The molecule has 0 radical (unpaired) electrons. The SMILES string of the molecule is O=C1NC(=S)N(c2ccccc2)C(=O)/C1=C/c1cccc(I)c1. The lowest BCUT2D eigenvalue weighted by Crippen LogP contribution is -2.54. The zero-order chi connectivity index (χ0) is 16.4. The fraction of sp³-hybridized carbons (Fsp3) is 0. The molecule has 4 nitrogen and oxygen atoms in total. The van der Waals surface area contributed by atoms with Crippen LogP contribution in [0, 0.1) is 3.57 Å². The van der Waals surface area contributed by atoms with Crippen molar-refractivity contribution in [2.75, 3.05) is 4.90 Å². The Balaban J connectivity index is 2.02. The van der Waals surface area contributed by atoms with Crippen LogP contribution >= 0.6 is 34.8 Å². The van der Waals surface area contributed by atoms with Crippen molar-refractivity contribution in [3.05, 3.63) is 69.3 Å². The lowest BCUT2D eigenvalue weighted by molar-refractivity contribution is -0.122. The van der Waals surface area contributed by atoms with E-state index in [0.717, 1.165) is 9.13 Å². The highest BCUT2D eigenvalue weighted by molar-refractivity contribution is 14.1. The van der Waals surface area contributed by atoms with Crippen molar-refractivity contribution >= 4 is 63.5 Å². The molecule has 1 saturated heterocycles. The predicted molar refractivity (Wildman–Crippen MR) is 102 cm³/mol. The van der Waals surface area contributed by atoms with Gasteiger partial charge in [-0.1, -0.05) is 30.3 Å². The Morgan fingerprint density at radius 3 is 2.48 bits per heavy atom. The third-order valence-corrected chi connectivity index (χ3v) is 4.23. The Morgan fingerprint density at radius 1 is 1.04 bits per heavy atom. The summed E-state index contributed by atoms with van der Waals surface area (Å²) < 4.78 is 1.02. The highest BCUT2D eigenvalue weighted by atomic mass is 127. The Morgan fingerprint density at radius 2 is 1.78 bits per heavy atom. The lowest BCUT2D eigenvalue weighted by Gasteiger charge is -2.28. The van der Waals surface area contributed by atoms with Crippen LogP contribution in [0.15, 0.2) is 60.2 Å². The van der Waals surface area contributed by atoms with E-state index in [4.69, 9.17) is 12.2 Å². The Hall–Kier alpha value is -2.06. The summed E-state index contributed by atoms with van der Waals surface area (Å²) in [5.41, 5.74) is 1.47. The fourth-order valence-corrected chi connectivity index (χ4v) is 3.08. The van der Waals surface area contributed by atoms with Gasteiger partial charge in [0.15, 0.2) is 5.11 Å². The second-order valence-electron chi connectivity index (χ2n) is 4.85. The number of nitrogens with zero attached hydrogens (tertiary/aromatic N) is 1. The molecule has 6 heteroatoms. The van der Waals surface area contributed by atoms with Crippen molar-refractivity contribution in [3.8, 4) is 0 Å². The number of carbonyl (C=O) groups is 2. The lowest BCUT2D eigenvalue weighted by atomic mass is 10.1. The second-order valence-corrected chi connectivity index (χ2v) is 6.48. The standard InChI is InChI=1S/C17H11IN2O2S/c18-12-6-4-5-11(9-12)10-14-15(21)19-17(23)20(16(14)22)13-7-2-1-3-8-13/h1-10H,(H,19,21,23)/b14-10+. The van der Waals surface area contributed by atoms with Gasteiger partial charge in [0.1, 0.15) is 5.57 Å². The number of benzene rings is 2. The summed E-state index contributed by atoms with van der Waals surface area (Å²) in [7, 11) is 0. The van der Waals surface area contributed by atoms with Crippen molar-refractivity contribution in [1.82, 2.24) is 5.32 Å². The Bertz CT molecular complexity index is 833. The number of nitrogens with one attached hydrogen (secondary N) is 1. The van der Waals surface area contributed by atoms with Gasteiger partial charge in [-0.3, -0.25) is 19.8 Å². The van der Waals surface area contributed by atoms with Crippen LogP contribution in [0.4, 0.5) is 5.69 Å². The molecule has 3 rings (SSSR count). The summed E-state index contributed by atoms with van der Waals surface area (Å²) in [5.74, 6) is -0.908. The molecule has 23 heavy (non-hydrogen) atoms. The van der Waals surface area contributed by atoms with Crippen LogP contribution in [0.2, 0.25) is 0 Å². The van der Waals surface area contributed by atoms with Crippen LogP contribution in [0.1, 0.15) is 5.56 Å². The van der Waals surface area contributed by atoms with Crippen LogP contribution in [0.3, 0.4) is 0 Å². The van der Waals surface area contributed by atoms with Gasteiger partial charge >= 0.3 is 0 Å². The first-order valence-corrected chi connectivity index (χ1v) is 8.27. The molecular formula is C17H11IN2O2S. The van der Waals surface area contributed by atoms with Gasteiger partial charge in [-0.25, -0.2) is 0 Å². The summed E-state index contributed by atoms with van der Waals surface area (Å²) in [4.78, 5) is 26.2. The highest BCUT2D eigenvalue weighted by Crippen LogP contribution is 2.22. The van der Waals surface area contributed by atoms with Crippen molar-refractivity contribution in [2.24, 2.45) is 0 Å². The summed E-state index contributed by atoms with van der Waals surface area (Å²) in [5, 5.41) is 2.66. The third kappa shape index (κ3) is 3.32. The number of anilines is 1. The quantitative estimate of drug-likeness (QED) is 0.342. The molecule has 0 spiro atoms. The topological polar surface area (TPSA) is 49.4 Å². The second kappa shape index (κ2) is 6.59. The largest absolute Gasteiger partial charge is 0.298 e. The zero-order valence-electron chi connectivity index (χ0n) is 11.8. The highest BCUT2D eigenvalue weighted by Gasteiger charge is 2.34. The van der Waals surface area contributed by atoms with E-state index in [-0.39, 0.29) is 10.7 Å². The van der Waals surface area contributed by atoms with Gasteiger partial charge in [0, 0.05) is 3.57 Å². The molecule has 1 aliphatic heterocycles. The number of hydrogen-bond donors (Lipinski definition) is 1. The van der Waals surface area contributed by atoms with Gasteiger partial charge in [-0.2, -0.15) is 0 Å². The van der Waals surface area contributed by atoms with E-state index in [1.54, 1.807) is 18.2 Å². The van der Waals surface area contributed by atoms with Crippen LogP contribution in [0.5, 0.6) is 0 Å². The summed E-state index contributed by atoms with van der Waals surface area (Å²) in [6.45, 7) is 0. The molecule has 114 valence electrons. The predicted octanol–water partition coefficient (Wildman–Crippen LogP) is 3.12. The van der Waals surface area contributed by atoms with E-state index in [1.165, 1.54) is 4.90 Å². The van der Waals surface area contributed by atoms with Crippen LogP contribution < -0.4 is 10.2 Å². The minimum Gasteiger partial charge on any atom is -0.298 e. The fourth-order valence-electron chi connectivity index (χ4n) is 2.23. The molecule has 0 aliphatic carbocycles. The molecule has 2 aromatic carbocycles. The maximum Gasteiger partial charge on any atom is 0.270 e. The van der Waals surface area contributed by atoms with Gasteiger partial charge in [-0.15, -0.1) is 0 Å². The molecule has 2 aromatic rings. The first-order valence-electron chi connectivity index (χ1n) is 6.78. The van der Waals surface area contributed by atoms with Crippen molar-refractivity contribution in [1.29, 1.82) is 0 Å². The zero-order valence-corrected chi connectivity index (χ0v) is 14.8. The third-order valence-electron chi connectivity index (χ3n) is 3.28. The summed E-state index contributed by atoms with van der Waals surface area (Å²) >= 11 is 7.33. The minimum atomic E-state index is -0.481. The van der Waals surface area contributed by atoms with E-state index in [1.807, 2.05) is 42.5 Å². The first kappa shape index (κ1) is 15.8. The summed E-state index contributed by atoms with van der Waals surface area (Å²) in [6.07, 6.45) is 1.58. The molecule has 0 unspecified atom stereocenters. The molecule has 0 saturated carbocycles. The first-order chi connectivity index (χ1) is 11.1. The minimum absolute atomic E-state index is 0.0597. The Kier molecular flexibility index (Phi) is 4.53. The maximum atomic E-state index is 12.7. The van der Waals surface area contributed by atoms with Gasteiger partial charge in [-0.05, 0) is 70.7 Å². The molecule has 0 aromatic heterocycles. The van der Waals surface area contributed by atoms with Gasteiger partial charge in [0.05, 0.1) is 5.69 Å². The van der Waals surface area contributed by atoms with E-state index in [2.05, 4.69) is 27.9 Å². The smallest absolute Gasteiger partial charge is 0.270 e. The molecular weight excluding hydrogens is 423 g/mol. The average Bonchev–Trinajstić information content (AvgIpc) is 2.52. The number of para-hydroxylation sites is 1. The van der Waals surface area contributed by atoms with Gasteiger partial charge in [0.25, 0.3) is 11.8 Å². The molecule has 1 aliphatic rings. The average molecular weight is 434 g/mol. The molecule has 1 heterocycles. The summed E-state index contributed by atoms with van der Waals surface area (Å²) in [6, 6.07) is 16.6. The monoisotopic (exact) mass is 434 g/mol. The molecule has 0 atom stereocenters. The molecule has 0 bridgehead atoms. The number of hydrogen-bond acceptors (Lipinski definition) is 3. The number of thiocarbonyl (C=S) groups is 1. The van der Waals surface area contributed by atoms with Crippen molar-refractivity contribution < 1.29 is 9.59 Å². The normalized spacial score (nSPS) is 16.7. The van der Waals surface area contributed by atoms with E-state index in [0.29, 0.717) is 5.69 Å². The maximum absolute atomic E-state index is 12.7. The number of carbonyl (C=O) groups excluding carboxylic acids is 2. The number of halogens is 1. The van der Waals surface area contributed by atoms with E-state index >= 15 is 0 Å². The van der Waals surface area contributed by atoms with Crippen molar-refractivity contribution in [2.45, 2.75) is 0 Å². The molecule has 1 fully saturated rings. The van der Waals surface area contributed by atoms with Crippen LogP contribution in [0.25, 0.3) is 6.08 Å².